The largest absolute Gasteiger partial charge is 0.458 e. The second-order valence-corrected chi connectivity index (χ2v) is 11.3. The summed E-state index contributed by atoms with van der Waals surface area (Å²) in [5, 5.41) is 0. The molecule has 27 heavy (non-hydrogen) atoms. The van der Waals surface area contributed by atoms with Crippen LogP contribution in [0.4, 0.5) is 0 Å². The zero-order valence-corrected chi connectivity index (χ0v) is 16.8. The molecule has 3 nitrogen and oxygen atoms in total. The van der Waals surface area contributed by atoms with Gasteiger partial charge in [0.1, 0.15) is 5.60 Å². The van der Waals surface area contributed by atoms with Gasteiger partial charge in [0, 0.05) is 18.3 Å². The van der Waals surface area contributed by atoms with Crippen molar-refractivity contribution in [3.05, 3.63) is 11.6 Å². The fourth-order valence-electron chi connectivity index (χ4n) is 8.90. The van der Waals surface area contributed by atoms with Crippen molar-refractivity contribution in [2.45, 2.75) is 90.1 Å². The number of fused-ring (bicyclic) bond motifs is 7. The summed E-state index contributed by atoms with van der Waals surface area (Å²) < 4.78 is 6.08. The molecule has 0 unspecified atom stereocenters. The van der Waals surface area contributed by atoms with Crippen molar-refractivity contribution in [1.82, 2.24) is 0 Å². The van der Waals surface area contributed by atoms with E-state index in [0.29, 0.717) is 29.5 Å². The second kappa shape index (κ2) is 4.89. The molecule has 3 heteroatoms. The molecule has 2 spiro atoms. The Morgan fingerprint density at radius 1 is 0.926 bits per heavy atom. The van der Waals surface area contributed by atoms with Crippen LogP contribution in [0.25, 0.3) is 0 Å². The monoisotopic (exact) mass is 368 g/mol. The van der Waals surface area contributed by atoms with Crippen molar-refractivity contribution in [3.63, 3.8) is 0 Å². The van der Waals surface area contributed by atoms with Crippen LogP contribution in [-0.4, -0.2) is 17.4 Å². The molecular weight excluding hydrogens is 336 g/mol. The smallest absolute Gasteiger partial charge is 0.306 e. The lowest BCUT2D eigenvalue weighted by atomic mass is 9.44. The first kappa shape index (κ1) is 16.8. The van der Waals surface area contributed by atoms with Gasteiger partial charge < -0.3 is 4.74 Å². The number of carbonyl (C=O) groups excluding carboxylic acids is 2. The van der Waals surface area contributed by atoms with Crippen LogP contribution in [0.2, 0.25) is 0 Å². The summed E-state index contributed by atoms with van der Waals surface area (Å²) in [6.45, 7) is 4.95. The minimum absolute atomic E-state index is 0.0317. The van der Waals surface area contributed by atoms with Crippen LogP contribution in [0.3, 0.4) is 0 Å². The topological polar surface area (TPSA) is 43.4 Å². The van der Waals surface area contributed by atoms with Crippen LogP contribution in [0, 0.1) is 34.0 Å². The first-order valence-electron chi connectivity index (χ1n) is 11.3. The molecule has 146 valence electrons. The van der Waals surface area contributed by atoms with Gasteiger partial charge in [-0.2, -0.15) is 0 Å². The maximum atomic E-state index is 12.2. The standard InChI is InChI=1S/C24H32O3/c1-21-7-3-15(25)13-19(21)23(11-12-23)14-16-17(21)4-8-22(2)18(16)5-9-24(22)10-6-20(26)27-24/h13,16-18H,3-12,14H2,1-2H3/t16-,17+,18+,21-,22+,24-/m1/s1. The Bertz CT molecular complexity index is 776. The summed E-state index contributed by atoms with van der Waals surface area (Å²) in [5.41, 5.74) is 2.11. The molecule has 0 aromatic heterocycles. The fraction of sp³-hybridized carbons (Fsp3) is 0.833. The zero-order chi connectivity index (χ0) is 18.7. The molecule has 0 N–H and O–H groups in total. The summed E-state index contributed by atoms with van der Waals surface area (Å²) >= 11 is 0. The van der Waals surface area contributed by atoms with E-state index in [9.17, 15) is 9.59 Å². The van der Waals surface area contributed by atoms with Gasteiger partial charge in [-0.25, -0.2) is 0 Å². The third-order valence-corrected chi connectivity index (χ3v) is 10.4. The minimum Gasteiger partial charge on any atom is -0.458 e. The van der Waals surface area contributed by atoms with E-state index in [1.165, 1.54) is 44.1 Å². The van der Waals surface area contributed by atoms with Gasteiger partial charge >= 0.3 is 5.97 Å². The van der Waals surface area contributed by atoms with Gasteiger partial charge in [-0.1, -0.05) is 19.4 Å². The summed E-state index contributed by atoms with van der Waals surface area (Å²) in [4.78, 5) is 24.3. The van der Waals surface area contributed by atoms with E-state index in [0.717, 1.165) is 31.6 Å². The van der Waals surface area contributed by atoms with Gasteiger partial charge in [0.25, 0.3) is 0 Å². The second-order valence-electron chi connectivity index (χ2n) is 11.3. The van der Waals surface area contributed by atoms with Gasteiger partial charge in [0.2, 0.25) is 0 Å². The average Bonchev–Trinajstić information content (AvgIpc) is 3.19. The lowest BCUT2D eigenvalue weighted by Crippen LogP contribution is -2.56. The predicted molar refractivity (Wildman–Crippen MR) is 102 cm³/mol. The Hall–Kier alpha value is -1.12. The summed E-state index contributed by atoms with van der Waals surface area (Å²) in [6.07, 6.45) is 14.0. The lowest BCUT2D eigenvalue weighted by Gasteiger charge is -2.61. The molecule has 4 saturated carbocycles. The number of hydrogen-bond acceptors (Lipinski definition) is 3. The first-order valence-corrected chi connectivity index (χ1v) is 11.3. The van der Waals surface area contributed by atoms with Crippen molar-refractivity contribution >= 4 is 11.8 Å². The van der Waals surface area contributed by atoms with Gasteiger partial charge in [-0.3, -0.25) is 9.59 Å². The van der Waals surface area contributed by atoms with E-state index in [2.05, 4.69) is 19.9 Å². The van der Waals surface area contributed by atoms with Crippen molar-refractivity contribution in [1.29, 1.82) is 0 Å². The maximum Gasteiger partial charge on any atom is 0.306 e. The molecule has 1 saturated heterocycles. The quantitative estimate of drug-likeness (QED) is 0.566. The molecule has 0 aromatic carbocycles. The Morgan fingerprint density at radius 3 is 2.41 bits per heavy atom. The molecule has 0 amide bonds. The highest BCUT2D eigenvalue weighted by Gasteiger charge is 2.70. The van der Waals surface area contributed by atoms with E-state index in [1.54, 1.807) is 0 Å². The van der Waals surface area contributed by atoms with E-state index < -0.39 is 0 Å². The number of rotatable bonds is 0. The number of carbonyl (C=O) groups is 2. The Balaban J connectivity index is 1.41. The van der Waals surface area contributed by atoms with Gasteiger partial charge in [-0.05, 0) is 92.4 Å². The van der Waals surface area contributed by atoms with Crippen LogP contribution >= 0.6 is 0 Å². The molecule has 6 atom stereocenters. The Morgan fingerprint density at radius 2 is 1.70 bits per heavy atom. The third-order valence-electron chi connectivity index (χ3n) is 10.4. The molecule has 0 radical (unpaired) electrons. The predicted octanol–water partition coefficient (Wildman–Crippen LogP) is 4.98. The summed E-state index contributed by atoms with van der Waals surface area (Å²) in [5.74, 6) is 2.55. The molecule has 1 heterocycles. The highest BCUT2D eigenvalue weighted by molar-refractivity contribution is 5.92. The number of ketones is 1. The Kier molecular flexibility index (Phi) is 3.04. The van der Waals surface area contributed by atoms with Crippen molar-refractivity contribution < 1.29 is 14.3 Å². The van der Waals surface area contributed by atoms with Crippen LogP contribution < -0.4 is 0 Å². The molecule has 0 bridgehead atoms. The molecule has 6 rings (SSSR count). The number of hydrogen-bond donors (Lipinski definition) is 0. The zero-order valence-electron chi connectivity index (χ0n) is 16.8. The van der Waals surface area contributed by atoms with E-state index in [4.69, 9.17) is 4.74 Å². The summed E-state index contributed by atoms with van der Waals surface area (Å²) in [6, 6.07) is 0. The van der Waals surface area contributed by atoms with Crippen LogP contribution in [0.1, 0.15) is 84.5 Å². The maximum absolute atomic E-state index is 12.2. The number of allylic oxidation sites excluding steroid dienone is 1. The Labute approximate surface area is 162 Å². The van der Waals surface area contributed by atoms with Crippen LogP contribution in [-0.2, 0) is 14.3 Å². The highest BCUT2D eigenvalue weighted by atomic mass is 16.6. The molecule has 5 fully saturated rings. The van der Waals surface area contributed by atoms with E-state index >= 15 is 0 Å². The summed E-state index contributed by atoms with van der Waals surface area (Å²) in [7, 11) is 0. The van der Waals surface area contributed by atoms with Gasteiger partial charge in [0.15, 0.2) is 5.78 Å². The molecule has 1 aliphatic heterocycles. The van der Waals surface area contributed by atoms with E-state index in [-0.39, 0.29) is 22.4 Å². The van der Waals surface area contributed by atoms with Crippen molar-refractivity contribution in [2.24, 2.45) is 34.0 Å². The normalized spacial score (nSPS) is 52.2. The van der Waals surface area contributed by atoms with Crippen LogP contribution in [0.15, 0.2) is 11.6 Å². The van der Waals surface area contributed by atoms with Gasteiger partial charge in [-0.15, -0.1) is 0 Å². The molecular formula is C24H32O3. The average molecular weight is 369 g/mol. The molecule has 0 aromatic rings. The van der Waals surface area contributed by atoms with Crippen molar-refractivity contribution in [2.75, 3.05) is 0 Å². The van der Waals surface area contributed by atoms with Gasteiger partial charge in [0.05, 0.1) is 0 Å². The lowest BCUT2D eigenvalue weighted by molar-refractivity contribution is -0.169. The first-order chi connectivity index (χ1) is 12.8. The number of esters is 1. The van der Waals surface area contributed by atoms with Crippen molar-refractivity contribution in [3.8, 4) is 0 Å². The fourth-order valence-corrected chi connectivity index (χ4v) is 8.90. The van der Waals surface area contributed by atoms with Crippen LogP contribution in [0.5, 0.6) is 0 Å². The minimum atomic E-state index is -0.171. The van der Waals surface area contributed by atoms with E-state index in [1.807, 2.05) is 0 Å². The number of ether oxygens (including phenoxy) is 1. The third kappa shape index (κ3) is 1.90. The molecule has 6 aliphatic rings. The highest BCUT2D eigenvalue weighted by Crippen LogP contribution is 2.76. The SMILES string of the molecule is C[C@]12CCC(=O)C=C1C1(CC1)C[C@@H]1[C@@H]2CC[C@@]2(C)[C@H]1CC[C@@]21CCC(=O)O1. The molecule has 5 aliphatic carbocycles.